The summed E-state index contributed by atoms with van der Waals surface area (Å²) >= 11 is 0. The SMILES string of the molecule is CN(C)c1ccccc1.[Na]. The number of nitrogens with zero attached hydrogens (tertiary/aromatic N) is 1. The van der Waals surface area contributed by atoms with Crippen molar-refractivity contribution in [2.24, 2.45) is 0 Å². The molecule has 0 N–H and O–H groups in total. The topological polar surface area (TPSA) is 3.24 Å². The van der Waals surface area contributed by atoms with E-state index in [1.807, 2.05) is 32.3 Å². The first-order valence-corrected chi connectivity index (χ1v) is 3.03. The molecule has 0 heterocycles. The van der Waals surface area contributed by atoms with Gasteiger partial charge < -0.3 is 4.90 Å². The third kappa shape index (κ3) is 2.74. The van der Waals surface area contributed by atoms with E-state index in [1.165, 1.54) is 5.69 Å². The fourth-order valence-corrected chi connectivity index (χ4v) is 0.726. The maximum Gasteiger partial charge on any atom is 0.0360 e. The van der Waals surface area contributed by atoms with Gasteiger partial charge in [0, 0.05) is 49.3 Å². The van der Waals surface area contributed by atoms with E-state index in [0.29, 0.717) is 0 Å². The van der Waals surface area contributed by atoms with E-state index in [0.717, 1.165) is 0 Å². The maximum atomic E-state index is 2.08. The van der Waals surface area contributed by atoms with Gasteiger partial charge in [0.1, 0.15) is 0 Å². The Morgan fingerprint density at radius 3 is 1.80 bits per heavy atom. The number of anilines is 1. The molecule has 1 aromatic rings. The zero-order chi connectivity index (χ0) is 6.69. The molecular weight excluding hydrogens is 133 g/mol. The number of rotatable bonds is 1. The van der Waals surface area contributed by atoms with Crippen LogP contribution in [0.3, 0.4) is 0 Å². The van der Waals surface area contributed by atoms with Gasteiger partial charge in [-0.1, -0.05) is 18.2 Å². The number of para-hydroxylation sites is 1. The van der Waals surface area contributed by atoms with Crippen LogP contribution in [0.5, 0.6) is 0 Å². The molecule has 49 valence electrons. The molecule has 0 spiro atoms. The summed E-state index contributed by atoms with van der Waals surface area (Å²) in [5.74, 6) is 0. The van der Waals surface area contributed by atoms with Crippen LogP contribution in [-0.2, 0) is 0 Å². The molecule has 0 aromatic heterocycles. The Bertz CT molecular complexity index is 172. The summed E-state index contributed by atoms with van der Waals surface area (Å²) in [5.41, 5.74) is 1.25. The molecule has 0 saturated heterocycles. The second kappa shape index (κ2) is 4.78. The normalized spacial score (nSPS) is 8.20. The smallest absolute Gasteiger partial charge is 0.0360 e. The van der Waals surface area contributed by atoms with E-state index >= 15 is 0 Å². The molecule has 0 bridgehead atoms. The number of benzene rings is 1. The minimum Gasteiger partial charge on any atom is -0.378 e. The summed E-state index contributed by atoms with van der Waals surface area (Å²) in [6, 6.07) is 10.3. The summed E-state index contributed by atoms with van der Waals surface area (Å²) in [4.78, 5) is 2.08. The van der Waals surface area contributed by atoms with E-state index in [9.17, 15) is 0 Å². The minimum atomic E-state index is 0. The van der Waals surface area contributed by atoms with E-state index in [1.54, 1.807) is 0 Å². The molecule has 0 aliphatic heterocycles. The molecule has 1 radical (unpaired) electrons. The van der Waals surface area contributed by atoms with Gasteiger partial charge in [-0.15, -0.1) is 0 Å². The Hall–Kier alpha value is 0.0200. The van der Waals surface area contributed by atoms with Crippen LogP contribution in [0, 0.1) is 0 Å². The van der Waals surface area contributed by atoms with Gasteiger partial charge in [-0.05, 0) is 12.1 Å². The van der Waals surface area contributed by atoms with Gasteiger partial charge in [0.2, 0.25) is 0 Å². The van der Waals surface area contributed by atoms with Gasteiger partial charge in [-0.25, -0.2) is 0 Å². The molecule has 1 rings (SSSR count). The summed E-state index contributed by atoms with van der Waals surface area (Å²) in [6.45, 7) is 0. The predicted molar refractivity (Wildman–Crippen MR) is 46.5 cm³/mol. The van der Waals surface area contributed by atoms with Crippen LogP contribution in [0.2, 0.25) is 0 Å². The van der Waals surface area contributed by atoms with Crippen molar-refractivity contribution in [1.82, 2.24) is 0 Å². The van der Waals surface area contributed by atoms with E-state index in [2.05, 4.69) is 17.0 Å². The Morgan fingerprint density at radius 2 is 1.50 bits per heavy atom. The van der Waals surface area contributed by atoms with Gasteiger partial charge in [-0.2, -0.15) is 0 Å². The maximum absolute atomic E-state index is 2.08. The van der Waals surface area contributed by atoms with Crippen molar-refractivity contribution in [1.29, 1.82) is 0 Å². The minimum absolute atomic E-state index is 0. The van der Waals surface area contributed by atoms with Crippen molar-refractivity contribution >= 4 is 35.2 Å². The van der Waals surface area contributed by atoms with E-state index < -0.39 is 0 Å². The van der Waals surface area contributed by atoms with Crippen molar-refractivity contribution in [2.75, 3.05) is 19.0 Å². The molecule has 0 saturated carbocycles. The molecule has 0 unspecified atom stereocenters. The molecule has 1 aromatic carbocycles. The Labute approximate surface area is 84.3 Å². The molecule has 0 fully saturated rings. The molecule has 0 aliphatic rings. The average Bonchev–Trinajstić information content (AvgIpc) is 1.90. The van der Waals surface area contributed by atoms with Gasteiger partial charge >= 0.3 is 0 Å². The van der Waals surface area contributed by atoms with Crippen molar-refractivity contribution < 1.29 is 0 Å². The standard InChI is InChI=1S/C8H11N.Na/c1-9(2)8-6-4-3-5-7-8;/h3-7H,1-2H3;. The fraction of sp³-hybridized carbons (Fsp3) is 0.250. The third-order valence-corrected chi connectivity index (χ3v) is 1.27. The molecule has 10 heavy (non-hydrogen) atoms. The quantitative estimate of drug-likeness (QED) is 0.538. The van der Waals surface area contributed by atoms with Crippen LogP contribution in [0.4, 0.5) is 5.69 Å². The van der Waals surface area contributed by atoms with Crippen molar-refractivity contribution in [2.45, 2.75) is 0 Å². The number of hydrogen-bond acceptors (Lipinski definition) is 1. The van der Waals surface area contributed by atoms with Gasteiger partial charge in [0.05, 0.1) is 0 Å². The predicted octanol–water partition coefficient (Wildman–Crippen LogP) is 1.37. The molecule has 0 atom stereocenters. The van der Waals surface area contributed by atoms with Gasteiger partial charge in [-0.3, -0.25) is 0 Å². The van der Waals surface area contributed by atoms with Crippen LogP contribution in [0.25, 0.3) is 0 Å². The molecule has 2 heteroatoms. The second-order valence-electron chi connectivity index (χ2n) is 2.23. The van der Waals surface area contributed by atoms with Gasteiger partial charge in [0.15, 0.2) is 0 Å². The summed E-state index contributed by atoms with van der Waals surface area (Å²) < 4.78 is 0. The average molecular weight is 144 g/mol. The van der Waals surface area contributed by atoms with Crippen LogP contribution >= 0.6 is 0 Å². The first-order valence-electron chi connectivity index (χ1n) is 3.03. The summed E-state index contributed by atoms with van der Waals surface area (Å²) in [5, 5.41) is 0. The fourth-order valence-electron chi connectivity index (χ4n) is 0.726. The Balaban J connectivity index is 0.000000810. The zero-order valence-electron chi connectivity index (χ0n) is 6.83. The third-order valence-electron chi connectivity index (χ3n) is 1.27. The van der Waals surface area contributed by atoms with Crippen LogP contribution in [-0.4, -0.2) is 43.7 Å². The second-order valence-corrected chi connectivity index (χ2v) is 2.23. The monoisotopic (exact) mass is 144 g/mol. The van der Waals surface area contributed by atoms with Crippen LogP contribution in [0.15, 0.2) is 30.3 Å². The first-order chi connectivity index (χ1) is 4.30. The summed E-state index contributed by atoms with van der Waals surface area (Å²) in [7, 11) is 4.07. The first kappa shape index (κ1) is 10.0. The van der Waals surface area contributed by atoms with Crippen molar-refractivity contribution in [3.05, 3.63) is 30.3 Å². The Morgan fingerprint density at radius 1 is 1.00 bits per heavy atom. The number of hydrogen-bond donors (Lipinski definition) is 0. The van der Waals surface area contributed by atoms with Crippen molar-refractivity contribution in [3.63, 3.8) is 0 Å². The molecular formula is C8H11NNa. The summed E-state index contributed by atoms with van der Waals surface area (Å²) in [6.07, 6.45) is 0. The van der Waals surface area contributed by atoms with Crippen molar-refractivity contribution in [3.8, 4) is 0 Å². The zero-order valence-corrected chi connectivity index (χ0v) is 8.83. The molecule has 0 aliphatic carbocycles. The Kier molecular flexibility index (Phi) is 4.79. The van der Waals surface area contributed by atoms with Crippen LogP contribution < -0.4 is 4.90 Å². The van der Waals surface area contributed by atoms with Gasteiger partial charge in [0.25, 0.3) is 0 Å². The van der Waals surface area contributed by atoms with E-state index in [-0.39, 0.29) is 29.6 Å². The molecule has 0 amide bonds. The molecule has 1 nitrogen and oxygen atoms in total. The van der Waals surface area contributed by atoms with Crippen LogP contribution in [0.1, 0.15) is 0 Å². The largest absolute Gasteiger partial charge is 0.378 e. The van der Waals surface area contributed by atoms with E-state index in [4.69, 9.17) is 0 Å².